The number of hydrogen-bond acceptors (Lipinski definition) is 5. The van der Waals surface area contributed by atoms with Crippen LogP contribution in [0.3, 0.4) is 0 Å². The number of methoxy groups -OCH3 is 1. The Morgan fingerprint density at radius 2 is 2.18 bits per heavy atom. The molecular formula is C10H14N2O4S. The predicted octanol–water partition coefficient (Wildman–Crippen LogP) is 1.00. The summed E-state index contributed by atoms with van der Waals surface area (Å²) in [6.45, 7) is 0. The Balaban J connectivity index is 2.23. The molecule has 1 aliphatic rings. The number of aromatic nitrogens is 1. The Bertz CT molecular complexity index is 511. The number of sulfonamides is 1. The van der Waals surface area contributed by atoms with Crippen LogP contribution in [-0.4, -0.2) is 32.9 Å². The van der Waals surface area contributed by atoms with Crippen LogP contribution in [0.4, 0.5) is 5.69 Å². The third kappa shape index (κ3) is 3.48. The van der Waals surface area contributed by atoms with Gasteiger partial charge in [0.2, 0.25) is 10.0 Å². The summed E-state index contributed by atoms with van der Waals surface area (Å²) >= 11 is 0. The summed E-state index contributed by atoms with van der Waals surface area (Å²) in [4.78, 5) is 3.99. The highest BCUT2D eigenvalue weighted by molar-refractivity contribution is 7.92. The molecule has 0 spiro atoms. The summed E-state index contributed by atoms with van der Waals surface area (Å²) in [7, 11) is -1.82. The molecule has 0 amide bonds. The van der Waals surface area contributed by atoms with E-state index in [-0.39, 0.29) is 6.10 Å². The van der Waals surface area contributed by atoms with Crippen molar-refractivity contribution in [3.8, 4) is 11.6 Å². The van der Waals surface area contributed by atoms with Crippen molar-refractivity contribution in [2.24, 2.45) is 0 Å². The number of rotatable bonds is 5. The Morgan fingerprint density at radius 1 is 1.47 bits per heavy atom. The molecule has 2 rings (SSSR count). The highest BCUT2D eigenvalue weighted by atomic mass is 32.2. The first kappa shape index (κ1) is 12.0. The number of hydrogen-bond donors (Lipinski definition) is 1. The van der Waals surface area contributed by atoms with Gasteiger partial charge in [-0.25, -0.2) is 13.4 Å². The number of ether oxygens (including phenoxy) is 2. The highest BCUT2D eigenvalue weighted by Crippen LogP contribution is 2.33. The van der Waals surface area contributed by atoms with Crippen LogP contribution in [0.5, 0.6) is 11.6 Å². The Hall–Kier alpha value is -1.50. The van der Waals surface area contributed by atoms with Gasteiger partial charge in [-0.3, -0.25) is 4.72 Å². The zero-order valence-corrected chi connectivity index (χ0v) is 10.5. The quantitative estimate of drug-likeness (QED) is 0.852. The van der Waals surface area contributed by atoms with Crippen molar-refractivity contribution in [3.05, 3.63) is 12.3 Å². The van der Waals surface area contributed by atoms with Gasteiger partial charge >= 0.3 is 0 Å². The Kier molecular flexibility index (Phi) is 3.10. The monoisotopic (exact) mass is 258 g/mol. The van der Waals surface area contributed by atoms with Crippen molar-refractivity contribution < 1.29 is 17.9 Å². The lowest BCUT2D eigenvalue weighted by Gasteiger charge is -2.11. The predicted molar refractivity (Wildman–Crippen MR) is 62.9 cm³/mol. The second-order valence-corrected chi connectivity index (χ2v) is 5.67. The van der Waals surface area contributed by atoms with Gasteiger partial charge < -0.3 is 9.47 Å². The number of anilines is 1. The first-order valence-electron chi connectivity index (χ1n) is 5.16. The fourth-order valence-electron chi connectivity index (χ4n) is 1.31. The molecular weight excluding hydrogens is 244 g/mol. The van der Waals surface area contributed by atoms with Gasteiger partial charge in [0.15, 0.2) is 5.75 Å². The Labute approximate surface area is 100 Å². The topological polar surface area (TPSA) is 77.5 Å². The summed E-state index contributed by atoms with van der Waals surface area (Å²) in [6, 6.07) is 1.57. The molecule has 0 bridgehead atoms. The number of pyridine rings is 1. The second-order valence-electron chi connectivity index (χ2n) is 3.92. The van der Waals surface area contributed by atoms with Gasteiger partial charge in [-0.1, -0.05) is 0 Å². The van der Waals surface area contributed by atoms with E-state index in [1.54, 1.807) is 6.07 Å². The van der Waals surface area contributed by atoms with Gasteiger partial charge in [0, 0.05) is 6.07 Å². The first-order valence-corrected chi connectivity index (χ1v) is 7.05. The summed E-state index contributed by atoms with van der Waals surface area (Å²) < 4.78 is 35.1. The van der Waals surface area contributed by atoms with Gasteiger partial charge in [0.05, 0.1) is 31.4 Å². The van der Waals surface area contributed by atoms with Crippen LogP contribution < -0.4 is 14.2 Å². The maximum absolute atomic E-state index is 11.1. The van der Waals surface area contributed by atoms with E-state index in [9.17, 15) is 8.42 Å². The third-order valence-electron chi connectivity index (χ3n) is 2.13. The van der Waals surface area contributed by atoms with Crippen LogP contribution in [0.2, 0.25) is 0 Å². The van der Waals surface area contributed by atoms with E-state index in [0.29, 0.717) is 17.3 Å². The molecule has 0 aromatic carbocycles. The molecule has 7 heteroatoms. The molecule has 0 unspecified atom stereocenters. The number of nitrogens with one attached hydrogen (secondary N) is 1. The minimum atomic E-state index is -3.31. The molecule has 94 valence electrons. The van der Waals surface area contributed by atoms with Gasteiger partial charge in [-0.2, -0.15) is 0 Å². The molecule has 0 saturated heterocycles. The molecule has 17 heavy (non-hydrogen) atoms. The van der Waals surface area contributed by atoms with Crippen molar-refractivity contribution in [2.75, 3.05) is 18.1 Å². The molecule has 0 aliphatic heterocycles. The van der Waals surface area contributed by atoms with Crippen LogP contribution >= 0.6 is 0 Å². The third-order valence-corrected chi connectivity index (χ3v) is 2.74. The van der Waals surface area contributed by atoms with Crippen LogP contribution in [0.25, 0.3) is 0 Å². The van der Waals surface area contributed by atoms with E-state index in [1.165, 1.54) is 13.3 Å². The van der Waals surface area contributed by atoms with Gasteiger partial charge in [0.25, 0.3) is 5.88 Å². The van der Waals surface area contributed by atoms with Crippen LogP contribution in [0.1, 0.15) is 12.8 Å². The summed E-state index contributed by atoms with van der Waals surface area (Å²) in [5.74, 6) is 0.819. The maximum Gasteiger partial charge on any atom is 0.256 e. The number of nitrogens with zero attached hydrogens (tertiary/aromatic N) is 1. The average molecular weight is 258 g/mol. The minimum absolute atomic E-state index is 0.194. The van der Waals surface area contributed by atoms with E-state index in [1.807, 2.05) is 0 Å². The van der Waals surface area contributed by atoms with E-state index in [4.69, 9.17) is 9.47 Å². The standard InChI is InChI=1S/C10H14N2O4S/c1-15-10-9(16-8-3-4-8)5-7(6-11-10)12-17(2,13)14/h5-6,8,12H,3-4H2,1-2H3. The molecule has 1 N–H and O–H groups in total. The lowest BCUT2D eigenvalue weighted by atomic mass is 10.4. The molecule has 1 saturated carbocycles. The lowest BCUT2D eigenvalue weighted by molar-refractivity contribution is 0.277. The fraction of sp³-hybridized carbons (Fsp3) is 0.500. The van der Waals surface area contributed by atoms with Gasteiger partial charge in [0.1, 0.15) is 0 Å². The Morgan fingerprint density at radius 3 is 2.71 bits per heavy atom. The molecule has 6 nitrogen and oxygen atoms in total. The SMILES string of the molecule is COc1ncc(NS(C)(=O)=O)cc1OC1CC1. The molecule has 1 aliphatic carbocycles. The van der Waals surface area contributed by atoms with E-state index >= 15 is 0 Å². The van der Waals surface area contributed by atoms with Crippen molar-refractivity contribution in [2.45, 2.75) is 18.9 Å². The lowest BCUT2D eigenvalue weighted by Crippen LogP contribution is -2.10. The van der Waals surface area contributed by atoms with E-state index in [2.05, 4.69) is 9.71 Å². The van der Waals surface area contributed by atoms with Crippen LogP contribution in [0, 0.1) is 0 Å². The molecule has 1 fully saturated rings. The molecule has 0 atom stereocenters. The minimum Gasteiger partial charge on any atom is -0.485 e. The molecule has 0 radical (unpaired) electrons. The summed E-state index contributed by atoms with van der Waals surface area (Å²) in [6.07, 6.45) is 4.68. The van der Waals surface area contributed by atoms with Crippen molar-refractivity contribution in [3.63, 3.8) is 0 Å². The normalized spacial score (nSPS) is 15.4. The van der Waals surface area contributed by atoms with E-state index in [0.717, 1.165) is 19.1 Å². The fourth-order valence-corrected chi connectivity index (χ4v) is 1.84. The second kappa shape index (κ2) is 4.40. The van der Waals surface area contributed by atoms with Gasteiger partial charge in [-0.05, 0) is 12.8 Å². The summed E-state index contributed by atoms with van der Waals surface area (Å²) in [5, 5.41) is 0. The first-order chi connectivity index (χ1) is 7.98. The van der Waals surface area contributed by atoms with Gasteiger partial charge in [-0.15, -0.1) is 0 Å². The molecule has 1 aromatic heterocycles. The van der Waals surface area contributed by atoms with Crippen molar-refractivity contribution in [1.29, 1.82) is 0 Å². The zero-order valence-electron chi connectivity index (χ0n) is 9.63. The summed E-state index contributed by atoms with van der Waals surface area (Å²) in [5.41, 5.74) is 0.365. The zero-order chi connectivity index (χ0) is 12.5. The smallest absolute Gasteiger partial charge is 0.256 e. The van der Waals surface area contributed by atoms with Crippen molar-refractivity contribution >= 4 is 15.7 Å². The van der Waals surface area contributed by atoms with Crippen LogP contribution in [0.15, 0.2) is 12.3 Å². The maximum atomic E-state index is 11.1. The molecule has 1 aromatic rings. The largest absolute Gasteiger partial charge is 0.485 e. The molecule has 1 heterocycles. The highest BCUT2D eigenvalue weighted by Gasteiger charge is 2.25. The average Bonchev–Trinajstić information content (AvgIpc) is 3.00. The van der Waals surface area contributed by atoms with Crippen LogP contribution in [-0.2, 0) is 10.0 Å². The van der Waals surface area contributed by atoms with Crippen molar-refractivity contribution in [1.82, 2.24) is 4.98 Å². The van der Waals surface area contributed by atoms with E-state index < -0.39 is 10.0 Å².